The van der Waals surface area contributed by atoms with Gasteiger partial charge in [-0.3, -0.25) is 4.79 Å². The molecule has 4 heteroatoms. The molecule has 0 aliphatic rings. The number of ether oxygens (including phenoxy) is 1. The van der Waals surface area contributed by atoms with E-state index in [9.17, 15) is 9.90 Å². The van der Waals surface area contributed by atoms with Crippen LogP contribution in [0, 0.1) is 5.92 Å². The zero-order chi connectivity index (χ0) is 11.2. The van der Waals surface area contributed by atoms with Crippen LogP contribution < -0.4 is 0 Å². The van der Waals surface area contributed by atoms with Crippen LogP contribution in [0.4, 0.5) is 0 Å². The number of hydrogen-bond donors (Lipinski definition) is 1. The zero-order valence-corrected chi connectivity index (χ0v) is 10.2. The molecule has 1 N–H and O–H groups in total. The molecule has 0 aliphatic carbocycles. The number of aliphatic hydroxyl groups is 1. The van der Waals surface area contributed by atoms with Crippen LogP contribution in [0.3, 0.4) is 0 Å². The fraction of sp³-hybridized carbons (Fsp3) is 0.900. The van der Waals surface area contributed by atoms with Crippen LogP contribution in [0.2, 0.25) is 0 Å². The van der Waals surface area contributed by atoms with Crippen molar-refractivity contribution in [2.24, 2.45) is 5.92 Å². The molecule has 0 radical (unpaired) electrons. The van der Waals surface area contributed by atoms with E-state index >= 15 is 0 Å². The van der Waals surface area contributed by atoms with Gasteiger partial charge in [-0.25, -0.2) is 0 Å². The van der Waals surface area contributed by atoms with Gasteiger partial charge in [0.25, 0.3) is 0 Å². The van der Waals surface area contributed by atoms with Gasteiger partial charge in [-0.1, -0.05) is 13.8 Å². The molecule has 3 nitrogen and oxygen atoms in total. The number of rotatable bonds is 6. The molecule has 0 aromatic heterocycles. The summed E-state index contributed by atoms with van der Waals surface area (Å²) in [5, 5.41) is 9.86. The van der Waals surface area contributed by atoms with Crippen molar-refractivity contribution in [3.63, 3.8) is 0 Å². The summed E-state index contributed by atoms with van der Waals surface area (Å²) in [7, 11) is 0. The molecular weight excluding hydrogens is 200 g/mol. The number of esters is 1. The van der Waals surface area contributed by atoms with Crippen molar-refractivity contribution in [2.75, 3.05) is 18.1 Å². The van der Waals surface area contributed by atoms with E-state index < -0.39 is 5.60 Å². The predicted octanol–water partition coefficient (Wildman–Crippen LogP) is 1.69. The molecule has 14 heavy (non-hydrogen) atoms. The van der Waals surface area contributed by atoms with Gasteiger partial charge in [0.1, 0.15) is 0 Å². The molecule has 0 aromatic rings. The molecule has 0 saturated carbocycles. The second-order valence-corrected chi connectivity index (χ2v) is 4.80. The van der Waals surface area contributed by atoms with Gasteiger partial charge in [0.2, 0.25) is 0 Å². The van der Waals surface area contributed by atoms with Crippen molar-refractivity contribution < 1.29 is 14.6 Å². The molecule has 0 amide bonds. The Balaban J connectivity index is 3.68. The van der Waals surface area contributed by atoms with Crippen molar-refractivity contribution in [1.82, 2.24) is 0 Å². The van der Waals surface area contributed by atoms with Crippen LogP contribution >= 0.6 is 11.8 Å². The molecule has 0 aliphatic heterocycles. The van der Waals surface area contributed by atoms with Crippen molar-refractivity contribution in [3.8, 4) is 0 Å². The smallest absolute Gasteiger partial charge is 0.315 e. The summed E-state index contributed by atoms with van der Waals surface area (Å²) in [6.07, 6.45) is 0. The highest BCUT2D eigenvalue weighted by Crippen LogP contribution is 2.21. The lowest BCUT2D eigenvalue weighted by Gasteiger charge is -2.26. The fourth-order valence-electron chi connectivity index (χ4n) is 0.710. The second kappa shape index (κ2) is 6.30. The molecule has 0 fully saturated rings. The van der Waals surface area contributed by atoms with Crippen LogP contribution in [-0.4, -0.2) is 34.8 Å². The molecule has 0 aromatic carbocycles. The first-order valence-electron chi connectivity index (χ1n) is 4.86. The van der Waals surface area contributed by atoms with Gasteiger partial charge in [-0.05, 0) is 19.8 Å². The Morgan fingerprint density at radius 2 is 2.14 bits per heavy atom. The predicted molar refractivity (Wildman–Crippen MR) is 59.4 cm³/mol. The highest BCUT2D eigenvalue weighted by Gasteiger charge is 2.24. The van der Waals surface area contributed by atoms with E-state index in [2.05, 4.69) is 0 Å². The lowest BCUT2D eigenvalue weighted by Crippen LogP contribution is -2.34. The quantitative estimate of drug-likeness (QED) is 0.692. The standard InChI is InChI=1S/C10H20O3S/c1-5-13-9(11)6-14-7-10(4,12)8(2)3/h8,12H,5-7H2,1-4H3. The number of thioether (sulfide) groups is 1. The molecule has 0 spiro atoms. The minimum Gasteiger partial charge on any atom is -0.465 e. The molecule has 0 rings (SSSR count). The van der Waals surface area contributed by atoms with E-state index in [1.807, 2.05) is 13.8 Å². The third kappa shape index (κ3) is 5.50. The van der Waals surface area contributed by atoms with E-state index in [4.69, 9.17) is 4.74 Å². The normalized spacial score (nSPS) is 15.3. The summed E-state index contributed by atoms with van der Waals surface area (Å²) >= 11 is 1.41. The van der Waals surface area contributed by atoms with E-state index in [0.29, 0.717) is 18.1 Å². The van der Waals surface area contributed by atoms with Gasteiger partial charge in [0, 0.05) is 5.75 Å². The molecular formula is C10H20O3S. The Hall–Kier alpha value is -0.220. The van der Waals surface area contributed by atoms with Crippen molar-refractivity contribution in [1.29, 1.82) is 0 Å². The number of carbonyl (C=O) groups excluding carboxylic acids is 1. The van der Waals surface area contributed by atoms with Crippen LogP contribution in [-0.2, 0) is 9.53 Å². The Morgan fingerprint density at radius 1 is 1.57 bits per heavy atom. The largest absolute Gasteiger partial charge is 0.465 e. The summed E-state index contributed by atoms with van der Waals surface area (Å²) in [5.41, 5.74) is -0.711. The molecule has 0 saturated heterocycles. The summed E-state index contributed by atoms with van der Waals surface area (Å²) in [6, 6.07) is 0. The first-order valence-corrected chi connectivity index (χ1v) is 6.01. The average molecular weight is 220 g/mol. The van der Waals surface area contributed by atoms with E-state index in [-0.39, 0.29) is 11.9 Å². The lowest BCUT2D eigenvalue weighted by atomic mass is 9.95. The Morgan fingerprint density at radius 3 is 2.57 bits per heavy atom. The van der Waals surface area contributed by atoms with Crippen LogP contribution in [0.1, 0.15) is 27.7 Å². The molecule has 1 atom stereocenters. The summed E-state index contributed by atoms with van der Waals surface area (Å²) in [6.45, 7) is 7.92. The first kappa shape index (κ1) is 13.8. The third-order valence-corrected chi connectivity index (χ3v) is 3.39. The molecule has 0 bridgehead atoms. The maximum absolute atomic E-state index is 11.0. The van der Waals surface area contributed by atoms with Crippen LogP contribution in [0.15, 0.2) is 0 Å². The van der Waals surface area contributed by atoms with Gasteiger partial charge in [0.05, 0.1) is 18.0 Å². The second-order valence-electron chi connectivity index (χ2n) is 3.81. The lowest BCUT2D eigenvalue weighted by molar-refractivity contribution is -0.139. The van der Waals surface area contributed by atoms with Gasteiger partial charge < -0.3 is 9.84 Å². The first-order chi connectivity index (χ1) is 6.40. The average Bonchev–Trinajstić information content (AvgIpc) is 2.04. The molecule has 1 unspecified atom stereocenters. The Kier molecular flexibility index (Phi) is 6.20. The Bertz CT molecular complexity index is 178. The van der Waals surface area contributed by atoms with Gasteiger partial charge in [-0.15, -0.1) is 11.8 Å². The summed E-state index contributed by atoms with van der Waals surface area (Å²) in [4.78, 5) is 11.0. The highest BCUT2D eigenvalue weighted by molar-refractivity contribution is 8.00. The monoisotopic (exact) mass is 220 g/mol. The molecule has 84 valence electrons. The van der Waals surface area contributed by atoms with Gasteiger partial charge >= 0.3 is 5.97 Å². The fourth-order valence-corrected chi connectivity index (χ4v) is 1.81. The number of carbonyl (C=O) groups is 1. The van der Waals surface area contributed by atoms with E-state index in [1.54, 1.807) is 13.8 Å². The van der Waals surface area contributed by atoms with E-state index in [1.165, 1.54) is 11.8 Å². The maximum Gasteiger partial charge on any atom is 0.315 e. The third-order valence-electron chi connectivity index (χ3n) is 2.16. The van der Waals surface area contributed by atoms with Crippen molar-refractivity contribution >= 4 is 17.7 Å². The van der Waals surface area contributed by atoms with Crippen molar-refractivity contribution in [2.45, 2.75) is 33.3 Å². The van der Waals surface area contributed by atoms with Gasteiger partial charge in [0.15, 0.2) is 0 Å². The number of hydrogen-bond acceptors (Lipinski definition) is 4. The zero-order valence-electron chi connectivity index (χ0n) is 9.37. The van der Waals surface area contributed by atoms with Crippen molar-refractivity contribution in [3.05, 3.63) is 0 Å². The SMILES string of the molecule is CCOC(=O)CSCC(C)(O)C(C)C. The van der Waals surface area contributed by atoms with Crippen LogP contribution in [0.25, 0.3) is 0 Å². The topological polar surface area (TPSA) is 46.5 Å². The van der Waals surface area contributed by atoms with Crippen LogP contribution in [0.5, 0.6) is 0 Å². The minimum absolute atomic E-state index is 0.192. The van der Waals surface area contributed by atoms with E-state index in [0.717, 1.165) is 0 Å². The summed E-state index contributed by atoms with van der Waals surface area (Å²) in [5.74, 6) is 0.856. The maximum atomic E-state index is 11.0. The Labute approximate surface area is 90.2 Å². The minimum atomic E-state index is -0.711. The van der Waals surface area contributed by atoms with Gasteiger partial charge in [-0.2, -0.15) is 0 Å². The molecule has 0 heterocycles. The summed E-state index contributed by atoms with van der Waals surface area (Å²) < 4.78 is 4.78. The highest BCUT2D eigenvalue weighted by atomic mass is 32.2.